The van der Waals surface area contributed by atoms with E-state index in [4.69, 9.17) is 13.8 Å². The highest BCUT2D eigenvalue weighted by Gasteiger charge is 2.46. The molecule has 25 heavy (non-hydrogen) atoms. The fourth-order valence-corrected chi connectivity index (χ4v) is 3.74. The van der Waals surface area contributed by atoms with E-state index in [2.05, 4.69) is 31.9 Å². The van der Waals surface area contributed by atoms with Crippen molar-refractivity contribution in [2.24, 2.45) is 4.99 Å². The quantitative estimate of drug-likeness (QED) is 0.454. The number of halogens is 2. The molecular weight excluding hydrogens is 442 g/mol. The molecule has 4 heteroatoms. The van der Waals surface area contributed by atoms with E-state index in [0.717, 1.165) is 14.5 Å². The van der Waals surface area contributed by atoms with Crippen LogP contribution in [0.1, 0.15) is 20.8 Å². The lowest BCUT2D eigenvalue weighted by Gasteiger charge is -2.31. The van der Waals surface area contributed by atoms with Gasteiger partial charge in [0.15, 0.2) is 5.60 Å². The van der Waals surface area contributed by atoms with Crippen molar-refractivity contribution in [3.05, 3.63) is 98.4 Å². The summed E-state index contributed by atoms with van der Waals surface area (Å²) in [5.74, 6) is 0. The molecule has 0 aliphatic carbocycles. The maximum Gasteiger partial charge on any atom is 0.162 e. The first-order valence-electron chi connectivity index (χ1n) is 9.20. The van der Waals surface area contributed by atoms with Crippen molar-refractivity contribution in [1.29, 1.82) is 0 Å². The van der Waals surface area contributed by atoms with E-state index < -0.39 is 12.6 Å². The van der Waals surface area contributed by atoms with Gasteiger partial charge in [0.25, 0.3) is 0 Å². The number of nitrogens with zero attached hydrogens (tertiary/aromatic N) is 1. The Hall–Kier alpha value is -1.75. The lowest BCUT2D eigenvalue weighted by atomic mass is 9.81. The van der Waals surface area contributed by atoms with Gasteiger partial charge in [-0.3, -0.25) is 0 Å². The summed E-state index contributed by atoms with van der Waals surface area (Å²) in [5, 5.41) is 0. The predicted octanol–water partition coefficient (Wildman–Crippen LogP) is 6.24. The van der Waals surface area contributed by atoms with Gasteiger partial charge in [-0.25, -0.2) is 4.99 Å². The van der Waals surface area contributed by atoms with Crippen molar-refractivity contribution in [2.75, 3.05) is 7.04 Å². The lowest BCUT2D eigenvalue weighted by molar-refractivity contribution is 0.0868. The van der Waals surface area contributed by atoms with E-state index >= 15 is 0 Å². The van der Waals surface area contributed by atoms with Gasteiger partial charge in [-0.2, -0.15) is 0 Å². The highest BCUT2D eigenvalue weighted by molar-refractivity contribution is 9.10. The maximum absolute atomic E-state index is 7.88. The Morgan fingerprint density at radius 1 is 0.880 bits per heavy atom. The van der Waals surface area contributed by atoms with Crippen molar-refractivity contribution in [2.45, 2.75) is 5.60 Å². The van der Waals surface area contributed by atoms with Crippen LogP contribution in [0.4, 0.5) is 5.69 Å². The third kappa shape index (κ3) is 2.69. The summed E-state index contributed by atoms with van der Waals surface area (Å²) < 4.78 is 31.3. The minimum absolute atomic E-state index is 0.555. The number of hydrogen-bond donors (Lipinski definition) is 0. The molecule has 124 valence electrons. The van der Waals surface area contributed by atoms with Gasteiger partial charge in [0.2, 0.25) is 0 Å². The van der Waals surface area contributed by atoms with E-state index in [1.54, 1.807) is 0 Å². The second-order valence-electron chi connectivity index (χ2n) is 5.77. The van der Waals surface area contributed by atoms with Crippen LogP contribution >= 0.6 is 31.9 Å². The average Bonchev–Trinajstić information content (AvgIpc) is 2.97. The number of methoxy groups -OCH3 is 1. The molecule has 0 radical (unpaired) electrons. The second kappa shape index (κ2) is 6.52. The van der Waals surface area contributed by atoms with E-state index in [1.807, 2.05) is 72.8 Å². The Kier molecular flexibility index (Phi) is 3.51. The van der Waals surface area contributed by atoms with Crippen LogP contribution in [-0.4, -0.2) is 12.7 Å². The first-order chi connectivity index (χ1) is 13.3. The zero-order valence-electron chi connectivity index (χ0n) is 16.0. The van der Waals surface area contributed by atoms with Crippen LogP contribution in [0.15, 0.2) is 86.7 Å². The van der Waals surface area contributed by atoms with E-state index in [9.17, 15) is 0 Å². The Morgan fingerprint density at radius 2 is 1.52 bits per heavy atom. The van der Waals surface area contributed by atoms with Gasteiger partial charge >= 0.3 is 0 Å². The van der Waals surface area contributed by atoms with Gasteiger partial charge in [-0.05, 0) is 41.5 Å². The first kappa shape index (κ1) is 13.5. The normalized spacial score (nSPS) is 21.0. The van der Waals surface area contributed by atoms with Crippen LogP contribution in [0.25, 0.3) is 0 Å². The van der Waals surface area contributed by atoms with E-state index in [-0.39, 0.29) is 0 Å². The Labute approximate surface area is 168 Å². The van der Waals surface area contributed by atoms with Crippen LogP contribution in [0, 0.1) is 0 Å². The molecule has 0 N–H and O–H groups in total. The van der Waals surface area contributed by atoms with Crippen LogP contribution in [-0.2, 0) is 10.3 Å². The van der Waals surface area contributed by atoms with Crippen molar-refractivity contribution >= 4 is 43.3 Å². The highest BCUT2D eigenvalue weighted by Crippen LogP contribution is 2.47. The molecule has 1 atom stereocenters. The SMILES string of the molecule is [2H]C([2H])([2H])OC1(c2ccc(Br)cc2)C(c2ccc(Br)cc2)=Nc2ccccc21. The number of fused-ring (bicyclic) bond motifs is 1. The van der Waals surface area contributed by atoms with Crippen LogP contribution in [0.5, 0.6) is 0 Å². The molecule has 1 heterocycles. The van der Waals surface area contributed by atoms with Gasteiger partial charge in [0.1, 0.15) is 0 Å². The summed E-state index contributed by atoms with van der Waals surface area (Å²) in [4.78, 5) is 4.80. The fourth-order valence-electron chi connectivity index (χ4n) is 3.21. The van der Waals surface area contributed by atoms with Gasteiger partial charge in [0, 0.05) is 21.5 Å². The molecule has 1 aliphatic rings. The second-order valence-corrected chi connectivity index (χ2v) is 7.61. The molecule has 0 bridgehead atoms. The van der Waals surface area contributed by atoms with E-state index in [0.29, 0.717) is 22.5 Å². The lowest BCUT2D eigenvalue weighted by Crippen LogP contribution is -2.37. The largest absolute Gasteiger partial charge is 0.362 e. The standard InChI is InChI=1S/C21H15Br2NO/c1-25-21(15-8-12-17(23)13-9-15)18-4-2-3-5-19(18)24-20(21)14-6-10-16(22)11-7-14/h2-13H,1H3/i1D3. The van der Waals surface area contributed by atoms with Crippen LogP contribution in [0.2, 0.25) is 0 Å². The number of aliphatic imine (C=N–C) groups is 1. The average molecular weight is 460 g/mol. The Bertz CT molecular complexity index is 1050. The zero-order chi connectivity index (χ0) is 19.9. The molecule has 2 nitrogen and oxygen atoms in total. The van der Waals surface area contributed by atoms with Crippen LogP contribution < -0.4 is 0 Å². The zero-order valence-corrected chi connectivity index (χ0v) is 16.2. The summed E-state index contributed by atoms with van der Waals surface area (Å²) in [5.41, 5.74) is 2.14. The molecular formula is C21H15Br2NO. The molecule has 3 aromatic rings. The molecule has 0 fully saturated rings. The topological polar surface area (TPSA) is 21.6 Å². The van der Waals surface area contributed by atoms with E-state index in [1.165, 1.54) is 0 Å². The van der Waals surface area contributed by atoms with Gasteiger partial charge in [-0.1, -0.05) is 74.3 Å². The number of ether oxygens (including phenoxy) is 1. The van der Waals surface area contributed by atoms with Gasteiger partial charge in [-0.15, -0.1) is 0 Å². The van der Waals surface area contributed by atoms with Crippen molar-refractivity contribution in [3.63, 3.8) is 0 Å². The molecule has 4 rings (SSSR count). The third-order valence-corrected chi connectivity index (χ3v) is 5.43. The van der Waals surface area contributed by atoms with Gasteiger partial charge in [0.05, 0.1) is 15.5 Å². The van der Waals surface area contributed by atoms with Crippen LogP contribution in [0.3, 0.4) is 0 Å². The minimum Gasteiger partial charge on any atom is -0.362 e. The first-order valence-corrected chi connectivity index (χ1v) is 9.29. The van der Waals surface area contributed by atoms with Crippen molar-refractivity contribution in [3.8, 4) is 0 Å². The molecule has 1 unspecified atom stereocenters. The Morgan fingerprint density at radius 3 is 2.20 bits per heavy atom. The van der Waals surface area contributed by atoms with Crippen molar-refractivity contribution in [1.82, 2.24) is 0 Å². The third-order valence-electron chi connectivity index (χ3n) is 4.37. The Balaban J connectivity index is 2.02. The summed E-state index contributed by atoms with van der Waals surface area (Å²) >= 11 is 6.89. The summed E-state index contributed by atoms with van der Waals surface area (Å²) in [7, 11) is -2.62. The molecule has 0 saturated heterocycles. The molecule has 0 amide bonds. The summed E-state index contributed by atoms with van der Waals surface area (Å²) in [6, 6.07) is 22.6. The highest BCUT2D eigenvalue weighted by atomic mass is 79.9. The predicted molar refractivity (Wildman–Crippen MR) is 109 cm³/mol. The van der Waals surface area contributed by atoms with Crippen molar-refractivity contribution < 1.29 is 8.85 Å². The summed E-state index contributed by atoms with van der Waals surface area (Å²) in [6.45, 7) is 0. The molecule has 0 aromatic heterocycles. The maximum atomic E-state index is 7.88. The monoisotopic (exact) mass is 458 g/mol. The minimum atomic E-state index is -2.62. The smallest absolute Gasteiger partial charge is 0.162 e. The number of benzene rings is 3. The number of rotatable bonds is 3. The molecule has 1 aliphatic heterocycles. The molecule has 0 saturated carbocycles. The fraction of sp³-hybridized carbons (Fsp3) is 0.0952. The number of para-hydroxylation sites is 1. The molecule has 0 spiro atoms. The molecule has 3 aromatic carbocycles. The number of hydrogen-bond acceptors (Lipinski definition) is 2. The van der Waals surface area contributed by atoms with Gasteiger partial charge < -0.3 is 4.74 Å². The summed E-state index contributed by atoms with van der Waals surface area (Å²) in [6.07, 6.45) is 0.